The van der Waals surface area contributed by atoms with E-state index in [1.165, 1.54) is 16.7 Å². The van der Waals surface area contributed by atoms with Crippen LogP contribution in [0.3, 0.4) is 0 Å². The zero-order valence-corrected chi connectivity index (χ0v) is 23.5. The van der Waals surface area contributed by atoms with Gasteiger partial charge in [-0.2, -0.15) is 0 Å². The minimum atomic E-state index is -2.93. The molecule has 40 heavy (non-hydrogen) atoms. The van der Waals surface area contributed by atoms with Gasteiger partial charge in [0.05, 0.1) is 24.5 Å². The van der Waals surface area contributed by atoms with Crippen LogP contribution in [0.5, 0.6) is 17.4 Å². The van der Waals surface area contributed by atoms with Gasteiger partial charge in [-0.05, 0) is 85.0 Å². The summed E-state index contributed by atoms with van der Waals surface area (Å²) < 4.78 is 41.8. The van der Waals surface area contributed by atoms with Gasteiger partial charge in [0.25, 0.3) is 0 Å². The van der Waals surface area contributed by atoms with Crippen LogP contribution in [0, 0.1) is 13.8 Å². The van der Waals surface area contributed by atoms with Gasteiger partial charge in [0.15, 0.2) is 9.84 Å². The molecule has 2 aromatic carbocycles. The van der Waals surface area contributed by atoms with Crippen molar-refractivity contribution < 1.29 is 32.5 Å². The molecular weight excluding hydrogens is 530 g/mol. The number of aliphatic carboxylic acids is 1. The molecular formula is C31H33NO7S. The highest BCUT2D eigenvalue weighted by Crippen LogP contribution is 2.43. The average molecular weight is 564 g/mol. The number of aryl methyl sites for hydroxylation is 2. The van der Waals surface area contributed by atoms with Crippen LogP contribution in [0.15, 0.2) is 42.6 Å². The Morgan fingerprint density at radius 2 is 1.80 bits per heavy atom. The Labute approximate surface area is 234 Å². The van der Waals surface area contributed by atoms with E-state index in [2.05, 4.69) is 49.2 Å². The van der Waals surface area contributed by atoms with Gasteiger partial charge in [-0.25, -0.2) is 13.4 Å². The monoisotopic (exact) mass is 563 g/mol. The molecule has 2 atom stereocenters. The van der Waals surface area contributed by atoms with E-state index < -0.39 is 15.8 Å². The lowest BCUT2D eigenvalue weighted by atomic mass is 9.90. The summed E-state index contributed by atoms with van der Waals surface area (Å²) in [6.07, 6.45) is 4.26. The molecule has 1 aromatic heterocycles. The number of carboxylic acid groups (broad SMARTS) is 1. The van der Waals surface area contributed by atoms with Crippen molar-refractivity contribution in [3.8, 4) is 28.5 Å². The van der Waals surface area contributed by atoms with E-state index in [0.29, 0.717) is 31.1 Å². The highest BCUT2D eigenvalue weighted by Gasteiger charge is 2.31. The van der Waals surface area contributed by atoms with E-state index in [0.717, 1.165) is 40.8 Å². The normalized spacial score (nSPS) is 21.4. The first-order chi connectivity index (χ1) is 19.2. The third-order valence-corrected chi connectivity index (χ3v) is 9.94. The number of benzene rings is 2. The van der Waals surface area contributed by atoms with Gasteiger partial charge in [0, 0.05) is 23.7 Å². The molecule has 3 heterocycles. The molecule has 1 fully saturated rings. The molecule has 2 aliphatic heterocycles. The number of pyridine rings is 1. The Bertz CT molecular complexity index is 1550. The summed E-state index contributed by atoms with van der Waals surface area (Å²) in [6, 6.07) is 12.2. The number of carboxylic acids is 1. The van der Waals surface area contributed by atoms with Crippen molar-refractivity contribution in [3.63, 3.8) is 0 Å². The number of hydrogen-bond donors (Lipinski definition) is 1. The smallest absolute Gasteiger partial charge is 0.304 e. The molecule has 3 aromatic rings. The van der Waals surface area contributed by atoms with Gasteiger partial charge in [0.2, 0.25) is 5.88 Å². The van der Waals surface area contributed by atoms with Crippen molar-refractivity contribution in [2.45, 2.75) is 64.1 Å². The molecule has 210 valence electrons. The van der Waals surface area contributed by atoms with Crippen LogP contribution in [0.4, 0.5) is 0 Å². The zero-order chi connectivity index (χ0) is 28.0. The fourth-order valence-corrected chi connectivity index (χ4v) is 7.75. The van der Waals surface area contributed by atoms with Gasteiger partial charge in [-0.15, -0.1) is 0 Å². The number of fused-ring (bicyclic) bond motifs is 2. The van der Waals surface area contributed by atoms with E-state index in [1.807, 2.05) is 0 Å². The van der Waals surface area contributed by atoms with E-state index in [-0.39, 0.29) is 36.1 Å². The third-order valence-electron chi connectivity index (χ3n) is 8.23. The van der Waals surface area contributed by atoms with Gasteiger partial charge in [-0.3, -0.25) is 4.79 Å². The first kappa shape index (κ1) is 26.6. The molecule has 0 amide bonds. The highest BCUT2D eigenvalue weighted by molar-refractivity contribution is 7.91. The maximum absolute atomic E-state index is 11.8. The number of carbonyl (C=O) groups is 1. The lowest BCUT2D eigenvalue weighted by molar-refractivity contribution is -0.137. The van der Waals surface area contributed by atoms with Crippen LogP contribution in [0.25, 0.3) is 11.1 Å². The largest absolute Gasteiger partial charge is 0.492 e. The number of sulfone groups is 1. The maximum Gasteiger partial charge on any atom is 0.304 e. The van der Waals surface area contributed by atoms with Crippen molar-refractivity contribution in [1.29, 1.82) is 0 Å². The number of nitrogens with zero attached hydrogens (tertiary/aromatic N) is 1. The Morgan fingerprint density at radius 1 is 1.05 bits per heavy atom. The van der Waals surface area contributed by atoms with Gasteiger partial charge in [0.1, 0.15) is 23.7 Å². The Balaban J connectivity index is 1.21. The number of rotatable bonds is 7. The molecule has 0 spiro atoms. The second-order valence-corrected chi connectivity index (χ2v) is 13.4. The quantitative estimate of drug-likeness (QED) is 0.410. The summed E-state index contributed by atoms with van der Waals surface area (Å²) in [6.45, 7) is 4.53. The van der Waals surface area contributed by atoms with E-state index in [1.54, 1.807) is 12.3 Å². The molecule has 1 saturated heterocycles. The van der Waals surface area contributed by atoms with E-state index in [4.69, 9.17) is 19.3 Å². The zero-order valence-electron chi connectivity index (χ0n) is 22.7. The van der Waals surface area contributed by atoms with Gasteiger partial charge >= 0.3 is 5.97 Å². The maximum atomic E-state index is 11.8. The predicted octanol–water partition coefficient (Wildman–Crippen LogP) is 5.34. The minimum Gasteiger partial charge on any atom is -0.492 e. The highest BCUT2D eigenvalue weighted by atomic mass is 32.2. The minimum absolute atomic E-state index is 0.0184. The predicted molar refractivity (Wildman–Crippen MR) is 150 cm³/mol. The summed E-state index contributed by atoms with van der Waals surface area (Å²) in [5.74, 6) is 1.24. The second kappa shape index (κ2) is 10.4. The Kier molecular flexibility index (Phi) is 6.94. The molecule has 3 aliphatic rings. The lowest BCUT2D eigenvalue weighted by Crippen LogP contribution is -2.30. The van der Waals surface area contributed by atoms with Crippen molar-refractivity contribution in [2.24, 2.45) is 0 Å². The molecule has 0 saturated carbocycles. The topological polar surface area (TPSA) is 112 Å². The van der Waals surface area contributed by atoms with Crippen LogP contribution >= 0.6 is 0 Å². The molecule has 0 radical (unpaired) electrons. The summed E-state index contributed by atoms with van der Waals surface area (Å²) in [4.78, 5) is 15.6. The first-order valence-corrected chi connectivity index (χ1v) is 15.6. The third kappa shape index (κ3) is 5.27. The van der Waals surface area contributed by atoms with Crippen LogP contribution in [0.2, 0.25) is 0 Å². The van der Waals surface area contributed by atoms with Crippen LogP contribution in [0.1, 0.15) is 65.5 Å². The lowest BCUT2D eigenvalue weighted by Gasteiger charge is -2.24. The second-order valence-electron chi connectivity index (χ2n) is 11.1. The van der Waals surface area contributed by atoms with Gasteiger partial charge < -0.3 is 19.3 Å². The molecule has 1 N–H and O–H groups in total. The number of ether oxygens (including phenoxy) is 3. The molecule has 9 heteroatoms. The molecule has 6 rings (SSSR count). The van der Waals surface area contributed by atoms with Crippen LogP contribution < -0.4 is 14.2 Å². The molecule has 0 bridgehead atoms. The molecule has 2 unspecified atom stereocenters. The Morgan fingerprint density at radius 3 is 2.52 bits per heavy atom. The summed E-state index contributed by atoms with van der Waals surface area (Å²) >= 11 is 0. The molecule has 1 aliphatic carbocycles. The van der Waals surface area contributed by atoms with Crippen molar-refractivity contribution in [3.05, 3.63) is 70.4 Å². The van der Waals surface area contributed by atoms with Crippen molar-refractivity contribution >= 4 is 15.8 Å². The van der Waals surface area contributed by atoms with E-state index >= 15 is 0 Å². The summed E-state index contributed by atoms with van der Waals surface area (Å²) in [5.41, 5.74) is 7.83. The summed E-state index contributed by atoms with van der Waals surface area (Å²) in [7, 11) is -2.93. The fourth-order valence-electron chi connectivity index (χ4n) is 6.30. The summed E-state index contributed by atoms with van der Waals surface area (Å²) in [5, 5.41) is 9.15. The van der Waals surface area contributed by atoms with Gasteiger partial charge in [-0.1, -0.05) is 18.2 Å². The van der Waals surface area contributed by atoms with Crippen LogP contribution in [-0.2, 0) is 21.1 Å². The average Bonchev–Trinajstić information content (AvgIpc) is 3.49. The van der Waals surface area contributed by atoms with E-state index in [9.17, 15) is 13.2 Å². The van der Waals surface area contributed by atoms with Crippen molar-refractivity contribution in [1.82, 2.24) is 4.98 Å². The van der Waals surface area contributed by atoms with Crippen molar-refractivity contribution in [2.75, 3.05) is 18.1 Å². The van der Waals surface area contributed by atoms with Crippen LogP contribution in [-0.4, -0.2) is 48.7 Å². The first-order valence-electron chi connectivity index (χ1n) is 13.8. The SMILES string of the molecule is Cc1cc(OC2CCS(=O)(=O)CC2)cc(C)c1-c1cccc2c1CCC2Oc1cc2c(cn1)C(CC(=O)O)CO2. The Hall–Kier alpha value is -3.59. The fraction of sp³-hybridized carbons (Fsp3) is 0.419. The number of aromatic nitrogens is 1. The standard InChI is InChI=1S/C31H33NO7S/c1-18-12-22(38-21-8-10-40(35,36)11-9-21)13-19(2)31(18)25-5-3-4-24-23(25)6-7-27(24)39-29-15-28-26(16-32-29)20(17-37-28)14-30(33)34/h3-5,12-13,15-16,20-21,27H,6-11,14,17H2,1-2H3,(H,33,34). The molecule has 8 nitrogen and oxygen atoms in total. The number of hydrogen-bond acceptors (Lipinski definition) is 7.